The quantitative estimate of drug-likeness (QED) is 0.825. The van der Waals surface area contributed by atoms with E-state index in [4.69, 9.17) is 15.2 Å². The third kappa shape index (κ3) is 2.99. The molecule has 0 radical (unpaired) electrons. The minimum atomic E-state index is 0.681. The monoisotopic (exact) mass is 336 g/mol. The molecular weight excluding hydrogens is 320 g/mol. The smallest absolute Gasteiger partial charge is 0.162 e. The van der Waals surface area contributed by atoms with E-state index in [1.54, 1.807) is 14.2 Å². The van der Waals surface area contributed by atoms with Crippen LogP contribution in [0.5, 0.6) is 11.5 Å². The fourth-order valence-electron chi connectivity index (χ4n) is 1.86. The van der Waals surface area contributed by atoms with Gasteiger partial charge in [-0.2, -0.15) is 0 Å². The number of ether oxygens (including phenoxy) is 2. The summed E-state index contributed by atoms with van der Waals surface area (Å²) in [5.41, 5.74) is 9.51. The molecular formula is C15H17BrN2O2. The molecule has 2 aromatic carbocycles. The number of hydrogen-bond donors (Lipinski definition) is 2. The van der Waals surface area contributed by atoms with Crippen LogP contribution in [0.3, 0.4) is 0 Å². The molecule has 0 aromatic heterocycles. The van der Waals surface area contributed by atoms with Crippen molar-refractivity contribution in [2.24, 2.45) is 0 Å². The fraction of sp³-hybridized carbons (Fsp3) is 0.200. The van der Waals surface area contributed by atoms with Crippen LogP contribution >= 0.6 is 15.9 Å². The van der Waals surface area contributed by atoms with E-state index < -0.39 is 0 Å². The first-order chi connectivity index (χ1) is 9.55. The fourth-order valence-corrected chi connectivity index (χ4v) is 2.32. The first-order valence-corrected chi connectivity index (χ1v) is 6.89. The summed E-state index contributed by atoms with van der Waals surface area (Å²) in [4.78, 5) is 0. The van der Waals surface area contributed by atoms with Gasteiger partial charge in [-0.1, -0.05) is 0 Å². The molecule has 0 bridgehead atoms. The van der Waals surface area contributed by atoms with Crippen molar-refractivity contribution in [2.45, 2.75) is 6.92 Å². The molecule has 20 heavy (non-hydrogen) atoms. The lowest BCUT2D eigenvalue weighted by Gasteiger charge is -2.13. The van der Waals surface area contributed by atoms with Crippen molar-refractivity contribution in [3.8, 4) is 11.5 Å². The number of methoxy groups -OCH3 is 2. The minimum absolute atomic E-state index is 0.681. The molecule has 2 rings (SSSR count). The number of rotatable bonds is 4. The molecule has 2 aromatic rings. The molecule has 0 atom stereocenters. The highest BCUT2D eigenvalue weighted by Crippen LogP contribution is 2.34. The van der Waals surface area contributed by atoms with E-state index >= 15 is 0 Å². The Morgan fingerprint density at radius 1 is 1.05 bits per heavy atom. The van der Waals surface area contributed by atoms with Crippen molar-refractivity contribution in [3.63, 3.8) is 0 Å². The van der Waals surface area contributed by atoms with Crippen LogP contribution < -0.4 is 20.5 Å². The molecule has 4 nitrogen and oxygen atoms in total. The Labute approximate surface area is 127 Å². The molecule has 3 N–H and O–H groups in total. The van der Waals surface area contributed by atoms with Crippen molar-refractivity contribution in [1.82, 2.24) is 0 Å². The van der Waals surface area contributed by atoms with E-state index in [0.29, 0.717) is 11.5 Å². The molecule has 0 saturated heterocycles. The van der Waals surface area contributed by atoms with Gasteiger partial charge >= 0.3 is 0 Å². The standard InChI is InChI=1S/C15H17BrN2O2/c1-9-6-13(11(16)8-12(9)17)18-10-4-5-14(19-2)15(7-10)20-3/h4-8,18H,17H2,1-3H3. The van der Waals surface area contributed by atoms with Gasteiger partial charge in [0.25, 0.3) is 0 Å². The van der Waals surface area contributed by atoms with Crippen molar-refractivity contribution in [2.75, 3.05) is 25.3 Å². The van der Waals surface area contributed by atoms with Gasteiger partial charge in [0.05, 0.1) is 19.9 Å². The number of anilines is 3. The third-order valence-electron chi connectivity index (χ3n) is 3.02. The Kier molecular flexibility index (Phi) is 4.39. The average Bonchev–Trinajstić information content (AvgIpc) is 2.44. The number of benzene rings is 2. The third-order valence-corrected chi connectivity index (χ3v) is 3.67. The SMILES string of the molecule is COc1ccc(Nc2cc(C)c(N)cc2Br)cc1OC. The highest BCUT2D eigenvalue weighted by molar-refractivity contribution is 9.10. The van der Waals surface area contributed by atoms with E-state index in [2.05, 4.69) is 21.2 Å². The van der Waals surface area contributed by atoms with Crippen molar-refractivity contribution >= 4 is 33.0 Å². The van der Waals surface area contributed by atoms with E-state index in [1.807, 2.05) is 37.3 Å². The second kappa shape index (κ2) is 6.05. The summed E-state index contributed by atoms with van der Waals surface area (Å²) in [6, 6.07) is 9.56. The average molecular weight is 337 g/mol. The van der Waals surface area contributed by atoms with Gasteiger partial charge in [-0.05, 0) is 52.7 Å². The minimum Gasteiger partial charge on any atom is -0.493 e. The van der Waals surface area contributed by atoms with Crippen molar-refractivity contribution in [3.05, 3.63) is 40.4 Å². The molecule has 0 aliphatic carbocycles. The number of hydrogen-bond acceptors (Lipinski definition) is 4. The maximum absolute atomic E-state index is 5.87. The normalized spacial score (nSPS) is 10.2. The highest BCUT2D eigenvalue weighted by atomic mass is 79.9. The van der Waals surface area contributed by atoms with Gasteiger partial charge in [0.2, 0.25) is 0 Å². The zero-order valence-corrected chi connectivity index (χ0v) is 13.2. The highest BCUT2D eigenvalue weighted by Gasteiger charge is 2.07. The Balaban J connectivity index is 2.33. The van der Waals surface area contributed by atoms with E-state index in [-0.39, 0.29) is 0 Å². The Morgan fingerprint density at radius 2 is 1.75 bits per heavy atom. The van der Waals surface area contributed by atoms with Crippen LogP contribution in [0.2, 0.25) is 0 Å². The molecule has 0 unspecified atom stereocenters. The molecule has 0 aliphatic heterocycles. The van der Waals surface area contributed by atoms with Crippen LogP contribution in [0.15, 0.2) is 34.8 Å². The summed E-state index contributed by atoms with van der Waals surface area (Å²) in [7, 11) is 3.23. The zero-order chi connectivity index (χ0) is 14.7. The van der Waals surface area contributed by atoms with Crippen LogP contribution in [0.25, 0.3) is 0 Å². The Morgan fingerprint density at radius 3 is 2.40 bits per heavy atom. The number of nitrogen functional groups attached to an aromatic ring is 1. The van der Waals surface area contributed by atoms with Gasteiger partial charge in [0.15, 0.2) is 11.5 Å². The number of nitrogens with one attached hydrogen (secondary N) is 1. The topological polar surface area (TPSA) is 56.5 Å². The zero-order valence-electron chi connectivity index (χ0n) is 11.7. The first-order valence-electron chi connectivity index (χ1n) is 6.10. The summed E-state index contributed by atoms with van der Waals surface area (Å²) in [6.45, 7) is 1.97. The number of nitrogens with two attached hydrogens (primary N) is 1. The lowest BCUT2D eigenvalue weighted by Crippen LogP contribution is -1.97. The molecule has 0 heterocycles. The Bertz CT molecular complexity index is 630. The molecule has 0 aliphatic rings. The predicted molar refractivity (Wildman–Crippen MR) is 86.1 cm³/mol. The van der Waals surface area contributed by atoms with Gasteiger partial charge in [-0.25, -0.2) is 0 Å². The van der Waals surface area contributed by atoms with E-state index in [9.17, 15) is 0 Å². The first kappa shape index (κ1) is 14.5. The number of aryl methyl sites for hydroxylation is 1. The van der Waals surface area contributed by atoms with E-state index in [0.717, 1.165) is 27.1 Å². The Hall–Kier alpha value is -1.88. The second-order valence-electron chi connectivity index (χ2n) is 4.38. The van der Waals surface area contributed by atoms with Crippen molar-refractivity contribution in [1.29, 1.82) is 0 Å². The van der Waals surface area contributed by atoms with Crippen LogP contribution in [-0.4, -0.2) is 14.2 Å². The summed E-state index contributed by atoms with van der Waals surface area (Å²) in [5, 5.41) is 3.33. The van der Waals surface area contributed by atoms with Gasteiger partial charge in [0, 0.05) is 21.9 Å². The molecule has 0 fully saturated rings. The summed E-state index contributed by atoms with van der Waals surface area (Å²) >= 11 is 3.50. The summed E-state index contributed by atoms with van der Waals surface area (Å²) in [6.07, 6.45) is 0. The van der Waals surface area contributed by atoms with Gasteiger partial charge in [0.1, 0.15) is 0 Å². The van der Waals surface area contributed by atoms with Gasteiger partial charge < -0.3 is 20.5 Å². The van der Waals surface area contributed by atoms with Gasteiger partial charge in [-0.3, -0.25) is 0 Å². The molecule has 0 amide bonds. The second-order valence-corrected chi connectivity index (χ2v) is 5.24. The van der Waals surface area contributed by atoms with Crippen LogP contribution in [0.4, 0.5) is 17.1 Å². The van der Waals surface area contributed by atoms with Crippen LogP contribution in [0.1, 0.15) is 5.56 Å². The van der Waals surface area contributed by atoms with Crippen LogP contribution in [0, 0.1) is 6.92 Å². The van der Waals surface area contributed by atoms with E-state index in [1.165, 1.54) is 0 Å². The largest absolute Gasteiger partial charge is 0.493 e. The maximum atomic E-state index is 5.87. The lowest BCUT2D eigenvalue weighted by molar-refractivity contribution is 0.355. The van der Waals surface area contributed by atoms with Gasteiger partial charge in [-0.15, -0.1) is 0 Å². The molecule has 106 valence electrons. The number of halogens is 1. The molecule has 0 saturated carbocycles. The summed E-state index contributed by atoms with van der Waals surface area (Å²) in [5.74, 6) is 1.38. The lowest BCUT2D eigenvalue weighted by atomic mass is 10.1. The molecule has 5 heteroatoms. The maximum Gasteiger partial charge on any atom is 0.162 e. The summed E-state index contributed by atoms with van der Waals surface area (Å²) < 4.78 is 11.4. The predicted octanol–water partition coefficient (Wildman–Crippen LogP) is 4.10. The van der Waals surface area contributed by atoms with Crippen LogP contribution in [-0.2, 0) is 0 Å². The van der Waals surface area contributed by atoms with Crippen molar-refractivity contribution < 1.29 is 9.47 Å². The molecule has 0 spiro atoms.